The van der Waals surface area contributed by atoms with E-state index < -0.39 is 0 Å². The van der Waals surface area contributed by atoms with Crippen LogP contribution in [0.2, 0.25) is 0 Å². The number of thioether (sulfide) groups is 4. The minimum atomic E-state index is 0.980. The fourth-order valence-electron chi connectivity index (χ4n) is 1.48. The molecule has 0 aromatic heterocycles. The van der Waals surface area contributed by atoms with Crippen LogP contribution in [0, 0.1) is 0 Å². The fourth-order valence-corrected chi connectivity index (χ4v) is 6.90. The molecule has 0 aromatic rings. The summed E-state index contributed by atoms with van der Waals surface area (Å²) < 4.78 is 2.94. The summed E-state index contributed by atoms with van der Waals surface area (Å²) in [7, 11) is 0. The van der Waals surface area contributed by atoms with E-state index in [9.17, 15) is 0 Å². The lowest BCUT2D eigenvalue weighted by atomic mass is 10.3. The lowest BCUT2D eigenvalue weighted by Gasteiger charge is -2.03. The van der Waals surface area contributed by atoms with Crippen LogP contribution < -0.4 is 0 Å². The molecule has 0 radical (unpaired) electrons. The maximum atomic E-state index is 4.27. The summed E-state index contributed by atoms with van der Waals surface area (Å²) in [6, 6.07) is 0. The Labute approximate surface area is 137 Å². The number of hydrogen-bond donors (Lipinski definition) is 2. The first-order valence-electron chi connectivity index (χ1n) is 5.86. The zero-order valence-electron chi connectivity index (χ0n) is 9.92. The summed E-state index contributed by atoms with van der Waals surface area (Å²) in [4.78, 5) is 3.00. The molecule has 0 saturated carbocycles. The van der Waals surface area contributed by atoms with E-state index in [2.05, 4.69) is 36.1 Å². The van der Waals surface area contributed by atoms with Crippen molar-refractivity contribution in [2.24, 2.45) is 0 Å². The Morgan fingerprint density at radius 1 is 0.778 bits per heavy atom. The maximum absolute atomic E-state index is 4.27. The first-order valence-corrected chi connectivity index (χ1v) is 10.5. The quantitative estimate of drug-likeness (QED) is 0.548. The Balaban J connectivity index is 1.82. The van der Waals surface area contributed by atoms with E-state index in [-0.39, 0.29) is 0 Å². The predicted molar refractivity (Wildman–Crippen MR) is 99.7 cm³/mol. The van der Waals surface area contributed by atoms with Crippen molar-refractivity contribution in [3.63, 3.8) is 0 Å². The predicted octanol–water partition coefficient (Wildman–Crippen LogP) is 6.18. The smallest absolute Gasteiger partial charge is 0.0697 e. The molecule has 0 nitrogen and oxygen atoms in total. The van der Waals surface area contributed by atoms with Crippen molar-refractivity contribution >= 4 is 72.3 Å². The monoisotopic (exact) mass is 352 g/mol. The average molecular weight is 353 g/mol. The van der Waals surface area contributed by atoms with Crippen molar-refractivity contribution < 1.29 is 0 Å². The van der Waals surface area contributed by atoms with Gasteiger partial charge in [-0.1, -0.05) is 47.0 Å². The van der Waals surface area contributed by atoms with Gasteiger partial charge in [-0.3, -0.25) is 0 Å². The second-order valence-corrected chi connectivity index (χ2v) is 9.28. The van der Waals surface area contributed by atoms with Crippen LogP contribution in [-0.4, -0.2) is 11.5 Å². The van der Waals surface area contributed by atoms with Gasteiger partial charge in [0.25, 0.3) is 0 Å². The van der Waals surface area contributed by atoms with E-state index >= 15 is 0 Å². The molecule has 2 heterocycles. The third kappa shape index (κ3) is 4.70. The summed E-state index contributed by atoms with van der Waals surface area (Å²) in [5.74, 6) is 1.96. The van der Waals surface area contributed by atoms with Crippen molar-refractivity contribution in [2.45, 2.75) is 25.7 Å². The topological polar surface area (TPSA) is 0 Å². The highest BCUT2D eigenvalue weighted by molar-refractivity contribution is 8.33. The van der Waals surface area contributed by atoms with Gasteiger partial charge in [-0.15, -0.1) is 0 Å². The molecular weight excluding hydrogens is 337 g/mol. The third-order valence-corrected chi connectivity index (χ3v) is 8.49. The van der Waals surface area contributed by atoms with Crippen LogP contribution in [0.5, 0.6) is 0 Å². The number of thiol groups is 2. The zero-order valence-corrected chi connectivity index (χ0v) is 15.0. The SMILES string of the molecule is SCCCC1=CS/C(=C2\SC=C(CCCS)S2)S1. The summed E-state index contributed by atoms with van der Waals surface area (Å²) in [6.45, 7) is 0. The van der Waals surface area contributed by atoms with Crippen LogP contribution >= 0.6 is 72.3 Å². The Morgan fingerprint density at radius 3 is 1.61 bits per heavy atom. The molecule has 0 aromatic carbocycles. The molecule has 100 valence electrons. The van der Waals surface area contributed by atoms with E-state index in [1.165, 1.54) is 44.0 Å². The normalized spacial score (nSPS) is 23.4. The van der Waals surface area contributed by atoms with Gasteiger partial charge in [0.05, 0.1) is 8.47 Å². The zero-order chi connectivity index (χ0) is 12.8. The van der Waals surface area contributed by atoms with Crippen LogP contribution in [-0.2, 0) is 0 Å². The van der Waals surface area contributed by atoms with Crippen molar-refractivity contribution in [2.75, 3.05) is 11.5 Å². The average Bonchev–Trinajstić information content (AvgIpc) is 3.02. The summed E-state index contributed by atoms with van der Waals surface area (Å²) in [5, 5.41) is 4.62. The molecule has 18 heavy (non-hydrogen) atoms. The van der Waals surface area contributed by atoms with Crippen LogP contribution in [0.3, 0.4) is 0 Å². The number of hydrogen-bond acceptors (Lipinski definition) is 6. The van der Waals surface area contributed by atoms with E-state index in [1.54, 1.807) is 0 Å². The van der Waals surface area contributed by atoms with Gasteiger partial charge in [0, 0.05) is 0 Å². The molecule has 0 aliphatic carbocycles. The third-order valence-electron chi connectivity index (χ3n) is 2.37. The van der Waals surface area contributed by atoms with Crippen molar-refractivity contribution in [3.05, 3.63) is 29.1 Å². The number of rotatable bonds is 6. The van der Waals surface area contributed by atoms with Gasteiger partial charge in [0.2, 0.25) is 0 Å². The van der Waals surface area contributed by atoms with Crippen molar-refractivity contribution in [1.29, 1.82) is 0 Å². The molecule has 0 amide bonds. The van der Waals surface area contributed by atoms with Crippen molar-refractivity contribution in [1.82, 2.24) is 0 Å². The molecule has 0 saturated heterocycles. The van der Waals surface area contributed by atoms with E-state index in [0.29, 0.717) is 0 Å². The molecule has 0 spiro atoms. The highest BCUT2D eigenvalue weighted by Gasteiger charge is 2.21. The lowest BCUT2D eigenvalue weighted by molar-refractivity contribution is 0.966. The molecule has 0 N–H and O–H groups in total. The van der Waals surface area contributed by atoms with E-state index in [0.717, 1.165) is 11.5 Å². The molecule has 6 heteroatoms. The molecule has 0 unspecified atom stereocenters. The van der Waals surface area contributed by atoms with Gasteiger partial charge in [0.1, 0.15) is 0 Å². The van der Waals surface area contributed by atoms with Crippen LogP contribution in [0.25, 0.3) is 0 Å². The van der Waals surface area contributed by atoms with Gasteiger partial charge in [-0.05, 0) is 57.8 Å². The van der Waals surface area contributed by atoms with E-state index in [4.69, 9.17) is 0 Å². The summed E-state index contributed by atoms with van der Waals surface area (Å²) in [6.07, 6.45) is 4.70. The second kappa shape index (κ2) is 8.57. The Kier molecular flexibility index (Phi) is 7.48. The molecule has 2 aliphatic rings. The summed E-state index contributed by atoms with van der Waals surface area (Å²) in [5.41, 5.74) is 0. The molecule has 0 atom stereocenters. The van der Waals surface area contributed by atoms with Gasteiger partial charge >= 0.3 is 0 Å². The minimum absolute atomic E-state index is 0.980. The van der Waals surface area contributed by atoms with Gasteiger partial charge in [-0.2, -0.15) is 25.3 Å². The number of allylic oxidation sites excluding steroid dienone is 2. The molecule has 2 rings (SSSR count). The highest BCUT2D eigenvalue weighted by atomic mass is 32.2. The van der Waals surface area contributed by atoms with Gasteiger partial charge in [0.15, 0.2) is 0 Å². The maximum Gasteiger partial charge on any atom is 0.0697 e. The molecular formula is C12H16S6. The molecule has 0 bridgehead atoms. The highest BCUT2D eigenvalue weighted by Crippen LogP contribution is 2.56. The van der Waals surface area contributed by atoms with Crippen LogP contribution in [0.4, 0.5) is 0 Å². The lowest BCUT2D eigenvalue weighted by Crippen LogP contribution is -1.78. The van der Waals surface area contributed by atoms with E-state index in [1.807, 2.05) is 47.0 Å². The largest absolute Gasteiger partial charge is 0.179 e. The van der Waals surface area contributed by atoms with Crippen LogP contribution in [0.1, 0.15) is 25.7 Å². The standard InChI is InChI=1S/C12H16S6/c13-5-1-3-9-7-15-11(17-9)12-16-8-10(18-12)4-2-6-14/h7-8,13-14H,1-6H2/b12-11-. The first-order chi connectivity index (χ1) is 8.83. The Hall–Kier alpha value is 1.32. The fraction of sp³-hybridized carbons (Fsp3) is 0.500. The van der Waals surface area contributed by atoms with Gasteiger partial charge < -0.3 is 0 Å². The molecule has 2 aliphatic heterocycles. The Morgan fingerprint density at radius 2 is 1.22 bits per heavy atom. The van der Waals surface area contributed by atoms with Crippen molar-refractivity contribution in [3.8, 4) is 0 Å². The minimum Gasteiger partial charge on any atom is -0.179 e. The molecule has 0 fully saturated rings. The summed E-state index contributed by atoms with van der Waals surface area (Å²) >= 11 is 16.2. The van der Waals surface area contributed by atoms with Gasteiger partial charge in [-0.25, -0.2) is 0 Å². The Bertz CT molecular complexity index is 346. The first kappa shape index (κ1) is 15.7. The second-order valence-electron chi connectivity index (χ2n) is 3.84. The van der Waals surface area contributed by atoms with Crippen LogP contribution in [0.15, 0.2) is 29.1 Å².